The molecule has 0 aliphatic carbocycles. The van der Waals surface area contributed by atoms with Gasteiger partial charge in [-0.2, -0.15) is 5.10 Å². The zero-order valence-corrected chi connectivity index (χ0v) is 17.1. The second-order valence-electron chi connectivity index (χ2n) is 6.21. The smallest absolute Gasteiger partial charge is 0.186 e. The average Bonchev–Trinajstić information content (AvgIpc) is 3.20. The van der Waals surface area contributed by atoms with Crippen LogP contribution in [0.5, 0.6) is 0 Å². The van der Waals surface area contributed by atoms with Crippen molar-refractivity contribution in [2.75, 3.05) is 0 Å². The third kappa shape index (κ3) is 3.21. The Morgan fingerprint density at radius 1 is 1.04 bits per heavy atom. The van der Waals surface area contributed by atoms with Crippen LogP contribution >= 0.6 is 34.5 Å². The molecule has 8 heteroatoms. The number of nitrogens with zero attached hydrogens (tertiary/aromatic N) is 3. The molecule has 4 rings (SSSR count). The van der Waals surface area contributed by atoms with E-state index in [1.165, 1.54) is 35.6 Å². The second-order valence-corrected chi connectivity index (χ2v) is 7.91. The van der Waals surface area contributed by atoms with Gasteiger partial charge < -0.3 is 0 Å². The zero-order valence-electron chi connectivity index (χ0n) is 14.8. The van der Waals surface area contributed by atoms with Crippen LogP contribution in [-0.2, 0) is 7.05 Å². The first kappa shape index (κ1) is 19.1. The molecule has 0 bridgehead atoms. The number of rotatable bonds is 3. The molecule has 0 amide bonds. The topological polar surface area (TPSA) is 30.7 Å². The van der Waals surface area contributed by atoms with Gasteiger partial charge in [-0.25, -0.2) is 18.4 Å². The Morgan fingerprint density at radius 3 is 2.54 bits per heavy atom. The first-order chi connectivity index (χ1) is 13.4. The molecule has 0 aliphatic heterocycles. The van der Waals surface area contributed by atoms with E-state index < -0.39 is 11.6 Å². The number of hydrogen-bond donors (Lipinski definition) is 0. The molecule has 0 spiro atoms. The molecule has 2 heterocycles. The summed E-state index contributed by atoms with van der Waals surface area (Å²) in [6.45, 7) is 1.93. The molecule has 3 nitrogen and oxygen atoms in total. The molecular weight excluding hydrogens is 423 g/mol. The maximum atomic E-state index is 14.2. The van der Waals surface area contributed by atoms with Crippen LogP contribution in [0.3, 0.4) is 0 Å². The van der Waals surface area contributed by atoms with E-state index in [0.717, 1.165) is 21.6 Å². The van der Waals surface area contributed by atoms with E-state index in [0.29, 0.717) is 5.82 Å². The van der Waals surface area contributed by atoms with Crippen LogP contribution in [0.25, 0.3) is 33.2 Å². The Kier molecular flexibility index (Phi) is 4.95. The lowest BCUT2D eigenvalue weighted by Crippen LogP contribution is -1.95. The lowest BCUT2D eigenvalue weighted by molar-refractivity contribution is 0.628. The van der Waals surface area contributed by atoms with E-state index in [4.69, 9.17) is 23.2 Å². The third-order valence-electron chi connectivity index (χ3n) is 4.41. The first-order valence-corrected chi connectivity index (χ1v) is 9.89. The number of benzene rings is 2. The van der Waals surface area contributed by atoms with E-state index >= 15 is 0 Å². The molecule has 0 saturated heterocycles. The Hall–Kier alpha value is -2.28. The van der Waals surface area contributed by atoms with Gasteiger partial charge in [-0.05, 0) is 42.3 Å². The van der Waals surface area contributed by atoms with Gasteiger partial charge in [0.25, 0.3) is 0 Å². The Morgan fingerprint density at radius 2 is 1.82 bits per heavy atom. The van der Waals surface area contributed by atoms with Gasteiger partial charge in [-0.1, -0.05) is 35.3 Å². The van der Waals surface area contributed by atoms with Crippen molar-refractivity contribution in [1.29, 1.82) is 0 Å². The van der Waals surface area contributed by atoms with Gasteiger partial charge in [-0.15, -0.1) is 11.3 Å². The number of hydrogen-bond acceptors (Lipinski definition) is 3. The van der Waals surface area contributed by atoms with Gasteiger partial charge in [0.1, 0.15) is 11.6 Å². The van der Waals surface area contributed by atoms with Crippen molar-refractivity contribution in [3.8, 4) is 33.2 Å². The highest BCUT2D eigenvalue weighted by atomic mass is 35.5. The van der Waals surface area contributed by atoms with Crippen molar-refractivity contribution in [1.82, 2.24) is 14.8 Å². The Labute approximate surface area is 174 Å². The zero-order chi connectivity index (χ0) is 20.0. The van der Waals surface area contributed by atoms with Crippen LogP contribution in [0.2, 0.25) is 10.0 Å². The molecule has 0 N–H and O–H groups in total. The predicted octanol–water partition coefficient (Wildman–Crippen LogP) is 6.77. The molecule has 2 aromatic carbocycles. The predicted molar refractivity (Wildman–Crippen MR) is 110 cm³/mol. The fourth-order valence-corrected chi connectivity index (χ4v) is 4.43. The molecule has 2 aromatic heterocycles. The highest BCUT2D eigenvalue weighted by Gasteiger charge is 2.20. The summed E-state index contributed by atoms with van der Waals surface area (Å²) in [6.07, 6.45) is 0. The summed E-state index contributed by atoms with van der Waals surface area (Å²) in [4.78, 5) is 5.41. The first-order valence-electron chi connectivity index (χ1n) is 8.26. The Balaban J connectivity index is 1.80. The maximum Gasteiger partial charge on any atom is 0.186 e. The van der Waals surface area contributed by atoms with Crippen molar-refractivity contribution < 1.29 is 8.78 Å². The van der Waals surface area contributed by atoms with E-state index in [1.807, 2.05) is 12.3 Å². The van der Waals surface area contributed by atoms with Gasteiger partial charge in [0, 0.05) is 22.9 Å². The van der Waals surface area contributed by atoms with E-state index in [1.54, 1.807) is 23.9 Å². The summed E-state index contributed by atoms with van der Waals surface area (Å²) in [6, 6.07) is 9.16. The summed E-state index contributed by atoms with van der Waals surface area (Å²) in [5.74, 6) is -0.165. The van der Waals surface area contributed by atoms with Crippen LogP contribution in [0.15, 0.2) is 41.8 Å². The normalized spacial score (nSPS) is 11.2. The number of aryl methyl sites for hydroxylation is 1. The highest BCUT2D eigenvalue weighted by molar-refractivity contribution is 7.14. The van der Waals surface area contributed by atoms with Crippen LogP contribution in [-0.4, -0.2) is 14.8 Å². The van der Waals surface area contributed by atoms with E-state index in [9.17, 15) is 8.78 Å². The van der Waals surface area contributed by atoms with Gasteiger partial charge in [0.2, 0.25) is 0 Å². The summed E-state index contributed by atoms with van der Waals surface area (Å²) in [5.41, 5.74) is 2.66. The molecule has 0 radical (unpaired) electrons. The van der Waals surface area contributed by atoms with Crippen LogP contribution in [0, 0.1) is 18.6 Å². The van der Waals surface area contributed by atoms with Crippen LogP contribution < -0.4 is 0 Å². The second kappa shape index (κ2) is 7.28. The molecule has 0 aliphatic rings. The molecule has 142 valence electrons. The van der Waals surface area contributed by atoms with E-state index in [2.05, 4.69) is 10.1 Å². The van der Waals surface area contributed by atoms with E-state index in [-0.39, 0.29) is 21.4 Å². The van der Waals surface area contributed by atoms with Gasteiger partial charge in [0.05, 0.1) is 15.6 Å². The van der Waals surface area contributed by atoms with Crippen molar-refractivity contribution in [2.45, 2.75) is 6.92 Å². The summed E-state index contributed by atoms with van der Waals surface area (Å²) < 4.78 is 29.7. The summed E-state index contributed by atoms with van der Waals surface area (Å²) in [7, 11) is 1.74. The van der Waals surface area contributed by atoms with Crippen LogP contribution in [0.1, 0.15) is 5.56 Å². The fraction of sp³-hybridized carbons (Fsp3) is 0.100. The summed E-state index contributed by atoms with van der Waals surface area (Å²) in [5, 5.41) is 6.59. The molecule has 0 unspecified atom stereocenters. The fourth-order valence-electron chi connectivity index (χ4n) is 3.00. The van der Waals surface area contributed by atoms with Gasteiger partial charge >= 0.3 is 0 Å². The van der Waals surface area contributed by atoms with Crippen molar-refractivity contribution >= 4 is 34.5 Å². The lowest BCUT2D eigenvalue weighted by atomic mass is 10.1. The minimum absolute atomic E-state index is 0.0814. The standard InChI is InChI=1S/C20H13Cl2F2N3S/c1-10-12(9-28-18(10)11-6-7-13(21)16(24)8-11)20-25-19(26-27(20)2)17-14(22)4-3-5-15(17)23/h3-9H,1-2H3. The molecule has 0 atom stereocenters. The van der Waals surface area contributed by atoms with Crippen molar-refractivity contribution in [3.63, 3.8) is 0 Å². The number of aromatic nitrogens is 3. The highest BCUT2D eigenvalue weighted by Crippen LogP contribution is 2.39. The molecule has 0 saturated carbocycles. The molecule has 4 aromatic rings. The van der Waals surface area contributed by atoms with Gasteiger partial charge in [-0.3, -0.25) is 0 Å². The summed E-state index contributed by atoms with van der Waals surface area (Å²) >= 11 is 13.4. The van der Waals surface area contributed by atoms with Gasteiger partial charge in [0.15, 0.2) is 11.6 Å². The number of thiophene rings is 1. The lowest BCUT2D eigenvalue weighted by Gasteiger charge is -2.03. The van der Waals surface area contributed by atoms with Crippen LogP contribution in [0.4, 0.5) is 8.78 Å². The van der Waals surface area contributed by atoms with Crippen molar-refractivity contribution in [3.05, 3.63) is 69.0 Å². The van der Waals surface area contributed by atoms with Crippen molar-refractivity contribution in [2.24, 2.45) is 7.05 Å². The molecular formula is C20H13Cl2F2N3S. The SMILES string of the molecule is Cc1c(-c2nc(-c3c(F)cccc3Cl)nn2C)csc1-c1ccc(Cl)c(F)c1. The minimum Gasteiger partial charge on any atom is -0.248 e. The Bertz CT molecular complexity index is 1180. The molecule has 28 heavy (non-hydrogen) atoms. The average molecular weight is 436 g/mol. The quantitative estimate of drug-likeness (QED) is 0.355. The minimum atomic E-state index is -0.482. The number of halogens is 4. The third-order valence-corrected chi connectivity index (χ3v) is 6.16. The molecule has 0 fully saturated rings. The largest absolute Gasteiger partial charge is 0.248 e. The maximum absolute atomic E-state index is 14.2. The monoisotopic (exact) mass is 435 g/mol.